The van der Waals surface area contributed by atoms with Gasteiger partial charge in [0.15, 0.2) is 5.69 Å². The van der Waals surface area contributed by atoms with E-state index in [1.165, 1.54) is 18.2 Å². The van der Waals surface area contributed by atoms with Crippen molar-refractivity contribution in [1.82, 2.24) is 20.0 Å². The number of benzene rings is 1. The Labute approximate surface area is 147 Å². The van der Waals surface area contributed by atoms with Gasteiger partial charge in [-0.25, -0.2) is 18.4 Å². The monoisotopic (exact) mass is 417 g/mol. The molecule has 24 heavy (non-hydrogen) atoms. The van der Waals surface area contributed by atoms with Gasteiger partial charge in [0.05, 0.1) is 12.3 Å². The number of nitrogens with one attached hydrogen (secondary N) is 1. The molecule has 0 spiro atoms. The Hall–Kier alpha value is -2.18. The number of rotatable bonds is 6. The first-order valence-electron chi connectivity index (χ1n) is 6.49. The first-order chi connectivity index (χ1) is 11.6. The molecule has 1 N–H and O–H groups in total. The van der Waals surface area contributed by atoms with Gasteiger partial charge in [-0.15, -0.1) is 0 Å². The molecule has 0 saturated heterocycles. The van der Waals surface area contributed by atoms with Crippen LogP contribution < -0.4 is 11.1 Å². The molecule has 0 aliphatic heterocycles. The lowest BCUT2D eigenvalue weighted by Crippen LogP contribution is -2.15. The molecule has 12 heteroatoms. The van der Waals surface area contributed by atoms with Gasteiger partial charge in [0.25, 0.3) is 0 Å². The number of anilines is 1. The molecule has 0 bridgehead atoms. The van der Waals surface area contributed by atoms with E-state index >= 15 is 0 Å². The lowest BCUT2D eigenvalue weighted by atomic mass is 10.3. The van der Waals surface area contributed by atoms with Crippen LogP contribution in [0.2, 0.25) is 0 Å². The van der Waals surface area contributed by atoms with Crippen LogP contribution in [0, 0.1) is 5.82 Å². The van der Waals surface area contributed by atoms with Crippen molar-refractivity contribution in [2.75, 3.05) is 18.5 Å². The van der Waals surface area contributed by atoms with Gasteiger partial charge in [0.1, 0.15) is 5.82 Å². The molecule has 0 aliphatic carbocycles. The summed E-state index contributed by atoms with van der Waals surface area (Å²) in [5.74, 6) is -0.956. The maximum atomic E-state index is 13.3. The fourth-order valence-electron chi connectivity index (χ4n) is 1.94. The van der Waals surface area contributed by atoms with E-state index in [-0.39, 0.29) is 17.3 Å². The van der Waals surface area contributed by atoms with Crippen LogP contribution in [0.3, 0.4) is 0 Å². The van der Waals surface area contributed by atoms with Crippen molar-refractivity contribution in [3.63, 3.8) is 0 Å². The van der Waals surface area contributed by atoms with E-state index < -0.39 is 11.6 Å². The first kappa shape index (κ1) is 16.7. The van der Waals surface area contributed by atoms with Crippen LogP contribution in [0.25, 0.3) is 17.2 Å². The molecule has 2 heterocycles. The quantitative estimate of drug-likeness (QED) is 0.356. The number of thiol groups is 1. The Balaban J connectivity index is 2.06. The molecule has 2 aromatic heterocycles. The molecule has 0 unspecified atom stereocenters. The van der Waals surface area contributed by atoms with Gasteiger partial charge in [-0.3, -0.25) is 4.52 Å². The van der Waals surface area contributed by atoms with E-state index in [4.69, 9.17) is 4.52 Å². The predicted molar refractivity (Wildman–Crippen MR) is 86.5 cm³/mol. The summed E-state index contributed by atoms with van der Waals surface area (Å²) in [5, 5.41) is 14.0. The topological polar surface area (TPSA) is 108 Å². The minimum Gasteiger partial charge on any atom is -0.363 e. The fourth-order valence-corrected chi connectivity index (χ4v) is 2.56. The lowest BCUT2D eigenvalue weighted by molar-refractivity contribution is 0.309. The number of nitrogens with zero attached hydrogens (tertiary/aromatic N) is 4. The average Bonchev–Trinajstić information content (AvgIpc) is 3.14. The summed E-state index contributed by atoms with van der Waals surface area (Å²) in [6, 6.07) is 3.81. The highest BCUT2D eigenvalue weighted by Crippen LogP contribution is 2.27. The van der Waals surface area contributed by atoms with E-state index in [0.29, 0.717) is 23.3 Å². The zero-order valence-corrected chi connectivity index (χ0v) is 14.3. The highest BCUT2D eigenvalue weighted by Gasteiger charge is 2.23. The van der Waals surface area contributed by atoms with Crippen LogP contribution in [0.5, 0.6) is 0 Å². The zero-order chi connectivity index (χ0) is 17.1. The number of aromatic nitrogens is 4. The van der Waals surface area contributed by atoms with Crippen LogP contribution in [0.1, 0.15) is 0 Å². The second-order valence-electron chi connectivity index (χ2n) is 4.42. The molecule has 0 aliphatic rings. The molecule has 0 fully saturated rings. The summed E-state index contributed by atoms with van der Waals surface area (Å²) < 4.78 is 28.8. The summed E-state index contributed by atoms with van der Waals surface area (Å²) in [6.45, 7) is 0.664. The summed E-state index contributed by atoms with van der Waals surface area (Å²) in [4.78, 5) is 12.0. The minimum absolute atomic E-state index is 0.0443. The predicted octanol–water partition coefficient (Wildman–Crippen LogP) is 2.05. The molecule has 3 aromatic rings. The molecule has 0 saturated carbocycles. The normalized spacial score (nSPS) is 11.0. The Kier molecular flexibility index (Phi) is 4.97. The Morgan fingerprint density at radius 3 is 2.96 bits per heavy atom. The van der Waals surface area contributed by atoms with Crippen molar-refractivity contribution in [2.24, 2.45) is 0 Å². The molecule has 9 nitrogen and oxygen atoms in total. The van der Waals surface area contributed by atoms with Gasteiger partial charge in [0, 0.05) is 11.0 Å². The summed E-state index contributed by atoms with van der Waals surface area (Å²) in [6.07, 6.45) is 0. The molecular weight excluding hydrogens is 409 g/mol. The number of hydrogen-bond donors (Lipinski definition) is 2. The van der Waals surface area contributed by atoms with Gasteiger partial charge in [0.2, 0.25) is 11.6 Å². The first-order valence-corrected chi connectivity index (χ1v) is 7.65. The van der Waals surface area contributed by atoms with Crippen LogP contribution in [-0.4, -0.2) is 33.2 Å². The molecule has 0 atom stereocenters. The van der Waals surface area contributed by atoms with Gasteiger partial charge in [-0.1, -0.05) is 5.16 Å². The van der Waals surface area contributed by atoms with Crippen LogP contribution >= 0.6 is 28.8 Å². The third kappa shape index (κ3) is 3.20. The van der Waals surface area contributed by atoms with Gasteiger partial charge >= 0.3 is 5.76 Å². The van der Waals surface area contributed by atoms with Crippen molar-refractivity contribution >= 4 is 34.7 Å². The molecule has 1 aromatic carbocycles. The third-order valence-electron chi connectivity index (χ3n) is 2.94. The van der Waals surface area contributed by atoms with E-state index in [1.54, 1.807) is 0 Å². The van der Waals surface area contributed by atoms with Crippen LogP contribution in [0.4, 0.5) is 10.2 Å². The maximum Gasteiger partial charge on any atom is 0.446 e. The SMILES string of the molecule is O=c1onc(-c2nonc2NCCOS)n1-c1ccc(F)cc1Br. The summed E-state index contributed by atoms with van der Waals surface area (Å²) in [5.41, 5.74) is 0.474. The largest absolute Gasteiger partial charge is 0.446 e. The van der Waals surface area contributed by atoms with Crippen molar-refractivity contribution in [3.05, 3.63) is 39.0 Å². The highest BCUT2D eigenvalue weighted by molar-refractivity contribution is 9.10. The fraction of sp³-hybridized carbons (Fsp3) is 0.167. The number of halogens is 2. The van der Waals surface area contributed by atoms with Gasteiger partial charge in [-0.2, -0.15) is 0 Å². The van der Waals surface area contributed by atoms with Crippen molar-refractivity contribution in [3.8, 4) is 17.2 Å². The molecule has 0 amide bonds. The van der Waals surface area contributed by atoms with E-state index in [1.807, 2.05) is 0 Å². The third-order valence-corrected chi connectivity index (χ3v) is 3.76. The van der Waals surface area contributed by atoms with Crippen molar-refractivity contribution in [1.29, 1.82) is 0 Å². The maximum absolute atomic E-state index is 13.3. The van der Waals surface area contributed by atoms with Crippen LogP contribution in [-0.2, 0) is 4.18 Å². The Morgan fingerprint density at radius 2 is 2.21 bits per heavy atom. The second-order valence-corrected chi connectivity index (χ2v) is 5.54. The van der Waals surface area contributed by atoms with Crippen molar-refractivity contribution in [2.45, 2.75) is 0 Å². The van der Waals surface area contributed by atoms with Crippen LogP contribution in [0.15, 0.2) is 36.6 Å². The van der Waals surface area contributed by atoms with Crippen molar-refractivity contribution < 1.29 is 17.7 Å². The summed E-state index contributed by atoms with van der Waals surface area (Å²) >= 11 is 6.83. The minimum atomic E-state index is -0.773. The number of hydrogen-bond acceptors (Lipinski definition) is 9. The lowest BCUT2D eigenvalue weighted by Gasteiger charge is -2.06. The standard InChI is InChI=1S/C12H9BrFN5O4S/c13-7-5-6(14)1-2-8(7)19-11(18-22-12(19)20)9-10(17-23-16-9)15-3-4-21-24/h1-2,5,24H,3-4H2,(H,15,17). The van der Waals surface area contributed by atoms with Gasteiger partial charge < -0.3 is 9.50 Å². The molecule has 3 rings (SSSR count). The van der Waals surface area contributed by atoms with E-state index in [9.17, 15) is 9.18 Å². The molecule has 126 valence electrons. The summed E-state index contributed by atoms with van der Waals surface area (Å²) in [7, 11) is 0. The Morgan fingerprint density at radius 1 is 1.38 bits per heavy atom. The highest BCUT2D eigenvalue weighted by atomic mass is 79.9. The van der Waals surface area contributed by atoms with Gasteiger partial charge in [-0.05, 0) is 57.4 Å². The Bertz CT molecular complexity index is 911. The second kappa shape index (κ2) is 7.15. The molecular formula is C12H9BrFN5O4S. The van der Waals surface area contributed by atoms with E-state index in [2.05, 4.69) is 58.4 Å². The average molecular weight is 418 g/mol. The smallest absolute Gasteiger partial charge is 0.363 e. The zero-order valence-electron chi connectivity index (χ0n) is 11.8. The molecule has 0 radical (unpaired) electrons. The van der Waals surface area contributed by atoms with E-state index in [0.717, 1.165) is 4.57 Å².